The molecule has 0 spiro atoms. The van der Waals surface area contributed by atoms with Crippen LogP contribution in [0.3, 0.4) is 0 Å². The summed E-state index contributed by atoms with van der Waals surface area (Å²) in [6.45, 7) is 4.56. The van der Waals surface area contributed by atoms with E-state index in [0.29, 0.717) is 5.96 Å². The summed E-state index contributed by atoms with van der Waals surface area (Å²) in [6, 6.07) is 8.36. The first-order chi connectivity index (χ1) is 12.2. The summed E-state index contributed by atoms with van der Waals surface area (Å²) in [5.74, 6) is 0.741. The van der Waals surface area contributed by atoms with Crippen molar-refractivity contribution in [1.82, 2.24) is 4.90 Å². The van der Waals surface area contributed by atoms with Crippen LogP contribution in [0, 0.1) is 0 Å². The molecule has 1 aromatic rings. The van der Waals surface area contributed by atoms with E-state index in [9.17, 15) is 0 Å². The Bertz CT molecular complexity index is 554. The Labute approximate surface area is 152 Å². The Morgan fingerprint density at radius 3 is 2.08 bits per heavy atom. The molecular formula is C20H33N5. The van der Waals surface area contributed by atoms with Crippen molar-refractivity contribution in [1.29, 1.82) is 0 Å². The number of nitrogens with zero attached hydrogens (tertiary/aromatic N) is 3. The van der Waals surface area contributed by atoms with Gasteiger partial charge in [0, 0.05) is 19.6 Å². The van der Waals surface area contributed by atoms with Crippen LogP contribution in [0.5, 0.6) is 0 Å². The molecule has 0 aliphatic carbocycles. The summed E-state index contributed by atoms with van der Waals surface area (Å²) >= 11 is 0. The molecule has 0 bridgehead atoms. The van der Waals surface area contributed by atoms with Crippen LogP contribution in [-0.2, 0) is 13.1 Å². The van der Waals surface area contributed by atoms with E-state index in [1.807, 2.05) is 4.90 Å². The lowest BCUT2D eigenvalue weighted by atomic mass is 10.1. The molecule has 0 amide bonds. The first-order valence-corrected chi connectivity index (χ1v) is 9.66. The molecule has 0 saturated heterocycles. The van der Waals surface area contributed by atoms with Crippen molar-refractivity contribution < 1.29 is 0 Å². The predicted molar refractivity (Wildman–Crippen MR) is 106 cm³/mol. The molecule has 0 radical (unpaired) electrons. The molecule has 5 heteroatoms. The minimum atomic E-state index is 0.288. The molecule has 0 saturated carbocycles. The van der Waals surface area contributed by atoms with Crippen LogP contribution >= 0.6 is 0 Å². The molecule has 5 nitrogen and oxygen atoms in total. The molecule has 0 atom stereocenters. The summed E-state index contributed by atoms with van der Waals surface area (Å²) in [6.07, 6.45) is 10.3. The van der Waals surface area contributed by atoms with Gasteiger partial charge >= 0.3 is 0 Å². The third-order valence-corrected chi connectivity index (χ3v) is 4.68. The number of aliphatic imine (C=N–C) groups is 2. The Morgan fingerprint density at radius 1 is 0.920 bits per heavy atom. The first-order valence-electron chi connectivity index (χ1n) is 9.66. The quantitative estimate of drug-likeness (QED) is 0.407. The van der Waals surface area contributed by atoms with Gasteiger partial charge in [-0.1, -0.05) is 76.1 Å². The van der Waals surface area contributed by atoms with Crippen molar-refractivity contribution in [2.45, 2.75) is 71.4 Å². The van der Waals surface area contributed by atoms with E-state index < -0.39 is 0 Å². The Kier molecular flexibility index (Phi) is 8.29. The average Bonchev–Trinajstić information content (AvgIpc) is 3.04. The number of unbranched alkanes of at least 4 members (excludes halogenated alkanes) is 7. The van der Waals surface area contributed by atoms with Gasteiger partial charge in [0.05, 0.1) is 0 Å². The van der Waals surface area contributed by atoms with Crippen molar-refractivity contribution in [3.05, 3.63) is 35.4 Å². The highest BCUT2D eigenvalue weighted by molar-refractivity contribution is 5.93. The lowest BCUT2D eigenvalue weighted by Gasteiger charge is -2.15. The third-order valence-electron chi connectivity index (χ3n) is 4.68. The first kappa shape index (κ1) is 19.3. The van der Waals surface area contributed by atoms with Gasteiger partial charge in [-0.15, -0.1) is 0 Å². The molecule has 1 heterocycles. The number of nitrogens with two attached hydrogens (primary N) is 2. The van der Waals surface area contributed by atoms with Gasteiger partial charge in [0.15, 0.2) is 5.96 Å². The standard InChI is InChI=1S/C20H33N5/c1-2-3-4-5-6-7-8-11-14-23-19(21)24-20(22)25-15-17-12-9-10-13-18(17)16-25/h9-10,12-13H,2-8,11,14-16H2,1H3,(H4,21,22,23,24). The van der Waals surface area contributed by atoms with E-state index in [2.05, 4.69) is 41.2 Å². The summed E-state index contributed by atoms with van der Waals surface area (Å²) in [7, 11) is 0. The van der Waals surface area contributed by atoms with Crippen molar-refractivity contribution in [3.8, 4) is 0 Å². The van der Waals surface area contributed by atoms with E-state index in [-0.39, 0.29) is 5.96 Å². The number of benzene rings is 1. The maximum Gasteiger partial charge on any atom is 0.218 e. The molecule has 1 aliphatic heterocycles. The summed E-state index contributed by atoms with van der Waals surface area (Å²) in [4.78, 5) is 10.6. The molecule has 0 unspecified atom stereocenters. The molecule has 2 rings (SSSR count). The lowest BCUT2D eigenvalue weighted by Crippen LogP contribution is -2.34. The second-order valence-electron chi connectivity index (χ2n) is 6.81. The minimum absolute atomic E-state index is 0.288. The molecule has 25 heavy (non-hydrogen) atoms. The Balaban J connectivity index is 1.64. The van der Waals surface area contributed by atoms with Crippen LogP contribution < -0.4 is 11.5 Å². The largest absolute Gasteiger partial charge is 0.369 e. The maximum absolute atomic E-state index is 6.08. The smallest absolute Gasteiger partial charge is 0.218 e. The molecule has 1 aliphatic rings. The number of hydrogen-bond donors (Lipinski definition) is 2. The number of guanidine groups is 2. The summed E-state index contributed by atoms with van der Waals surface area (Å²) < 4.78 is 0. The highest BCUT2D eigenvalue weighted by atomic mass is 15.3. The molecule has 138 valence electrons. The van der Waals surface area contributed by atoms with Crippen LogP contribution in [0.15, 0.2) is 34.3 Å². The number of hydrogen-bond acceptors (Lipinski definition) is 1. The maximum atomic E-state index is 6.08. The van der Waals surface area contributed by atoms with E-state index in [0.717, 1.165) is 26.1 Å². The second kappa shape index (κ2) is 10.7. The number of rotatable bonds is 9. The fourth-order valence-electron chi connectivity index (χ4n) is 3.16. The van der Waals surface area contributed by atoms with Gasteiger partial charge in [-0.2, -0.15) is 4.99 Å². The molecule has 0 fully saturated rings. The zero-order valence-electron chi connectivity index (χ0n) is 15.6. The van der Waals surface area contributed by atoms with Crippen LogP contribution in [-0.4, -0.2) is 23.4 Å². The fraction of sp³-hybridized carbons (Fsp3) is 0.600. The van der Waals surface area contributed by atoms with Crippen LogP contribution in [0.1, 0.15) is 69.4 Å². The van der Waals surface area contributed by atoms with Crippen molar-refractivity contribution >= 4 is 11.9 Å². The van der Waals surface area contributed by atoms with Gasteiger partial charge in [-0.25, -0.2) is 0 Å². The molecular weight excluding hydrogens is 310 g/mol. The van der Waals surface area contributed by atoms with E-state index in [1.165, 1.54) is 56.1 Å². The monoisotopic (exact) mass is 343 g/mol. The fourth-order valence-corrected chi connectivity index (χ4v) is 3.16. The SMILES string of the molecule is CCCCCCCCCCN=C(N)N=C(N)N1Cc2ccccc2C1. The van der Waals surface area contributed by atoms with Crippen molar-refractivity contribution in [2.75, 3.05) is 6.54 Å². The predicted octanol–water partition coefficient (Wildman–Crippen LogP) is 3.77. The van der Waals surface area contributed by atoms with Gasteiger partial charge < -0.3 is 16.4 Å². The highest BCUT2D eigenvalue weighted by Gasteiger charge is 2.19. The van der Waals surface area contributed by atoms with Gasteiger partial charge in [0.2, 0.25) is 5.96 Å². The zero-order chi connectivity index (χ0) is 17.9. The second-order valence-corrected chi connectivity index (χ2v) is 6.81. The van der Waals surface area contributed by atoms with Crippen molar-refractivity contribution in [2.24, 2.45) is 21.5 Å². The molecule has 4 N–H and O–H groups in total. The molecule has 0 aromatic heterocycles. The average molecular weight is 344 g/mol. The van der Waals surface area contributed by atoms with E-state index in [1.54, 1.807) is 0 Å². The van der Waals surface area contributed by atoms with Gasteiger partial charge in [0.1, 0.15) is 0 Å². The van der Waals surface area contributed by atoms with Crippen LogP contribution in [0.4, 0.5) is 0 Å². The lowest BCUT2D eigenvalue weighted by molar-refractivity contribution is 0.442. The van der Waals surface area contributed by atoms with E-state index >= 15 is 0 Å². The molecule has 1 aromatic carbocycles. The van der Waals surface area contributed by atoms with Crippen LogP contribution in [0.2, 0.25) is 0 Å². The summed E-state index contributed by atoms with van der Waals surface area (Å²) in [5, 5.41) is 0. The normalized spacial score (nSPS) is 14.8. The Morgan fingerprint density at radius 2 is 1.48 bits per heavy atom. The highest BCUT2D eigenvalue weighted by Crippen LogP contribution is 2.21. The van der Waals surface area contributed by atoms with Gasteiger partial charge in [0.25, 0.3) is 0 Å². The minimum Gasteiger partial charge on any atom is -0.369 e. The van der Waals surface area contributed by atoms with Crippen LogP contribution in [0.25, 0.3) is 0 Å². The third kappa shape index (κ3) is 6.77. The van der Waals surface area contributed by atoms with Gasteiger partial charge in [-0.3, -0.25) is 4.99 Å². The summed E-state index contributed by atoms with van der Waals surface area (Å²) in [5.41, 5.74) is 14.6. The number of fused-ring (bicyclic) bond motifs is 1. The van der Waals surface area contributed by atoms with E-state index in [4.69, 9.17) is 11.5 Å². The Hall–Kier alpha value is -2.04. The van der Waals surface area contributed by atoms with Crippen molar-refractivity contribution in [3.63, 3.8) is 0 Å². The zero-order valence-corrected chi connectivity index (χ0v) is 15.6. The van der Waals surface area contributed by atoms with Gasteiger partial charge in [-0.05, 0) is 17.5 Å². The topological polar surface area (TPSA) is 80.0 Å².